The standard InChI is InChI=1S/C17H23N3S/c18-15-8-11-21-17(15)13-19-12-16(20-9-4-5-10-20)14-6-2-1-3-7-14/h1-3,6-8,11,16,19H,4-5,9-10,12-13,18H2. The van der Waals surface area contributed by atoms with Crippen LogP contribution in [0.4, 0.5) is 5.69 Å². The number of nitrogens with one attached hydrogen (secondary N) is 1. The fourth-order valence-electron chi connectivity index (χ4n) is 3.00. The van der Waals surface area contributed by atoms with Crippen LogP contribution in [0.25, 0.3) is 0 Å². The van der Waals surface area contributed by atoms with Gasteiger partial charge in [0.1, 0.15) is 0 Å². The number of nitrogen functional groups attached to an aromatic ring is 1. The summed E-state index contributed by atoms with van der Waals surface area (Å²) >= 11 is 1.73. The van der Waals surface area contributed by atoms with Crippen molar-refractivity contribution in [1.29, 1.82) is 0 Å². The normalized spacial score (nSPS) is 17.1. The van der Waals surface area contributed by atoms with Crippen LogP contribution in [-0.4, -0.2) is 24.5 Å². The topological polar surface area (TPSA) is 41.3 Å². The van der Waals surface area contributed by atoms with Crippen molar-refractivity contribution in [3.63, 3.8) is 0 Å². The quantitative estimate of drug-likeness (QED) is 0.860. The van der Waals surface area contributed by atoms with Crippen LogP contribution < -0.4 is 11.1 Å². The number of rotatable bonds is 6. The smallest absolute Gasteiger partial charge is 0.0472 e. The second-order valence-corrected chi connectivity index (χ2v) is 6.60. The molecule has 1 atom stereocenters. The van der Waals surface area contributed by atoms with Crippen molar-refractivity contribution >= 4 is 17.0 Å². The van der Waals surface area contributed by atoms with Crippen LogP contribution in [0.1, 0.15) is 29.3 Å². The molecule has 1 aromatic heterocycles. The minimum atomic E-state index is 0.467. The first kappa shape index (κ1) is 14.6. The SMILES string of the molecule is Nc1ccsc1CNCC(c1ccccc1)N1CCCC1. The molecule has 0 aliphatic carbocycles. The molecule has 1 fully saturated rings. The Bertz CT molecular complexity index is 546. The van der Waals surface area contributed by atoms with Crippen LogP contribution in [-0.2, 0) is 6.54 Å². The third kappa shape index (κ3) is 3.64. The van der Waals surface area contributed by atoms with E-state index >= 15 is 0 Å². The molecule has 3 rings (SSSR count). The summed E-state index contributed by atoms with van der Waals surface area (Å²) in [6.07, 6.45) is 2.64. The van der Waals surface area contributed by atoms with Gasteiger partial charge in [-0.15, -0.1) is 11.3 Å². The van der Waals surface area contributed by atoms with Crippen LogP contribution in [0.3, 0.4) is 0 Å². The van der Waals surface area contributed by atoms with Crippen molar-refractivity contribution in [2.24, 2.45) is 0 Å². The Hall–Kier alpha value is -1.36. The molecule has 21 heavy (non-hydrogen) atoms. The lowest BCUT2D eigenvalue weighted by molar-refractivity contribution is 0.238. The van der Waals surface area contributed by atoms with E-state index in [2.05, 4.69) is 45.9 Å². The summed E-state index contributed by atoms with van der Waals surface area (Å²) < 4.78 is 0. The molecule has 3 N–H and O–H groups in total. The number of benzene rings is 1. The van der Waals surface area contributed by atoms with Gasteiger partial charge in [-0.3, -0.25) is 4.90 Å². The van der Waals surface area contributed by atoms with Gasteiger partial charge in [-0.05, 0) is 42.9 Å². The molecule has 0 saturated carbocycles. The highest BCUT2D eigenvalue weighted by molar-refractivity contribution is 7.10. The van der Waals surface area contributed by atoms with Crippen LogP contribution in [0, 0.1) is 0 Å². The lowest BCUT2D eigenvalue weighted by Gasteiger charge is -2.28. The number of nitrogens with two attached hydrogens (primary N) is 1. The van der Waals surface area contributed by atoms with Crippen molar-refractivity contribution in [1.82, 2.24) is 10.2 Å². The number of anilines is 1. The Balaban J connectivity index is 1.63. The highest BCUT2D eigenvalue weighted by Crippen LogP contribution is 2.25. The van der Waals surface area contributed by atoms with E-state index < -0.39 is 0 Å². The molecule has 1 aromatic carbocycles. The molecule has 0 radical (unpaired) electrons. The maximum absolute atomic E-state index is 5.95. The van der Waals surface area contributed by atoms with Crippen LogP contribution in [0.15, 0.2) is 41.8 Å². The maximum atomic E-state index is 5.95. The molecule has 2 aromatic rings. The van der Waals surface area contributed by atoms with Gasteiger partial charge in [0.25, 0.3) is 0 Å². The van der Waals surface area contributed by atoms with E-state index in [1.807, 2.05) is 6.07 Å². The van der Waals surface area contributed by atoms with E-state index in [0.29, 0.717) is 6.04 Å². The molecular weight excluding hydrogens is 278 g/mol. The molecule has 1 aliphatic rings. The predicted molar refractivity (Wildman–Crippen MR) is 90.4 cm³/mol. The summed E-state index contributed by atoms with van der Waals surface area (Å²) in [5.41, 5.74) is 8.27. The molecule has 1 aliphatic heterocycles. The number of hydrogen-bond donors (Lipinski definition) is 2. The highest BCUT2D eigenvalue weighted by atomic mass is 32.1. The lowest BCUT2D eigenvalue weighted by Crippen LogP contribution is -2.33. The second-order valence-electron chi connectivity index (χ2n) is 5.60. The van der Waals surface area contributed by atoms with Gasteiger partial charge in [-0.25, -0.2) is 0 Å². The van der Waals surface area contributed by atoms with Crippen LogP contribution in [0.5, 0.6) is 0 Å². The molecule has 0 spiro atoms. The van der Waals surface area contributed by atoms with Crippen LogP contribution in [0.2, 0.25) is 0 Å². The largest absolute Gasteiger partial charge is 0.398 e. The monoisotopic (exact) mass is 301 g/mol. The summed E-state index contributed by atoms with van der Waals surface area (Å²) in [7, 11) is 0. The molecular formula is C17H23N3S. The molecule has 4 heteroatoms. The molecule has 3 nitrogen and oxygen atoms in total. The first-order chi connectivity index (χ1) is 10.3. The van der Waals surface area contributed by atoms with Crippen molar-refractivity contribution in [2.45, 2.75) is 25.4 Å². The van der Waals surface area contributed by atoms with E-state index in [9.17, 15) is 0 Å². The van der Waals surface area contributed by atoms with E-state index in [1.54, 1.807) is 11.3 Å². The second kappa shape index (κ2) is 7.07. The Morgan fingerprint density at radius 3 is 2.57 bits per heavy atom. The first-order valence-corrected chi connectivity index (χ1v) is 8.54. The molecule has 1 unspecified atom stereocenters. The minimum absolute atomic E-state index is 0.467. The van der Waals surface area contributed by atoms with E-state index in [0.717, 1.165) is 18.8 Å². The number of likely N-dealkylation sites (tertiary alicyclic amines) is 1. The number of thiophene rings is 1. The Labute approximate surface area is 130 Å². The van der Waals surface area contributed by atoms with E-state index in [-0.39, 0.29) is 0 Å². The Morgan fingerprint density at radius 1 is 1.14 bits per heavy atom. The summed E-state index contributed by atoms with van der Waals surface area (Å²) in [5.74, 6) is 0. The number of hydrogen-bond acceptors (Lipinski definition) is 4. The third-order valence-electron chi connectivity index (χ3n) is 4.17. The van der Waals surface area contributed by atoms with Gasteiger partial charge in [-0.2, -0.15) is 0 Å². The third-order valence-corrected chi connectivity index (χ3v) is 5.11. The first-order valence-electron chi connectivity index (χ1n) is 7.66. The van der Waals surface area contributed by atoms with Gasteiger partial charge in [0.15, 0.2) is 0 Å². The molecule has 0 bridgehead atoms. The van der Waals surface area contributed by atoms with E-state index in [1.165, 1.54) is 36.4 Å². The maximum Gasteiger partial charge on any atom is 0.0472 e. The average Bonchev–Trinajstić information content (AvgIpc) is 3.17. The highest BCUT2D eigenvalue weighted by Gasteiger charge is 2.22. The summed E-state index contributed by atoms with van der Waals surface area (Å²) in [6.45, 7) is 4.26. The Morgan fingerprint density at radius 2 is 1.90 bits per heavy atom. The summed E-state index contributed by atoms with van der Waals surface area (Å²) in [6, 6.07) is 13.3. The Kier molecular flexibility index (Phi) is 4.91. The van der Waals surface area contributed by atoms with Crippen molar-refractivity contribution in [2.75, 3.05) is 25.4 Å². The van der Waals surface area contributed by atoms with Crippen LogP contribution >= 0.6 is 11.3 Å². The molecule has 0 amide bonds. The zero-order valence-corrected chi connectivity index (χ0v) is 13.1. The zero-order chi connectivity index (χ0) is 14.5. The van der Waals surface area contributed by atoms with Crippen molar-refractivity contribution < 1.29 is 0 Å². The zero-order valence-electron chi connectivity index (χ0n) is 12.3. The van der Waals surface area contributed by atoms with Gasteiger partial charge >= 0.3 is 0 Å². The van der Waals surface area contributed by atoms with Gasteiger partial charge in [0.2, 0.25) is 0 Å². The summed E-state index contributed by atoms with van der Waals surface area (Å²) in [5, 5.41) is 5.65. The molecule has 112 valence electrons. The van der Waals surface area contributed by atoms with Gasteiger partial charge < -0.3 is 11.1 Å². The summed E-state index contributed by atoms with van der Waals surface area (Å²) in [4.78, 5) is 3.84. The molecule has 1 saturated heterocycles. The fraction of sp³-hybridized carbons (Fsp3) is 0.412. The van der Waals surface area contributed by atoms with Gasteiger partial charge in [0.05, 0.1) is 0 Å². The van der Waals surface area contributed by atoms with Crippen molar-refractivity contribution in [3.8, 4) is 0 Å². The van der Waals surface area contributed by atoms with Gasteiger partial charge in [0, 0.05) is 29.7 Å². The van der Waals surface area contributed by atoms with Gasteiger partial charge in [-0.1, -0.05) is 30.3 Å². The van der Waals surface area contributed by atoms with Crippen molar-refractivity contribution in [3.05, 3.63) is 52.2 Å². The number of nitrogens with zero attached hydrogens (tertiary/aromatic N) is 1. The predicted octanol–water partition coefficient (Wildman–Crippen LogP) is 3.26. The molecule has 2 heterocycles. The van der Waals surface area contributed by atoms with E-state index in [4.69, 9.17) is 5.73 Å². The fourth-order valence-corrected chi connectivity index (χ4v) is 3.77. The average molecular weight is 301 g/mol. The minimum Gasteiger partial charge on any atom is -0.398 e. The lowest BCUT2D eigenvalue weighted by atomic mass is 10.1.